The predicted molar refractivity (Wildman–Crippen MR) is 218 cm³/mol. The molecule has 7 N–H and O–H groups in total. The average Bonchev–Trinajstić information content (AvgIpc) is 3.17. The van der Waals surface area contributed by atoms with Gasteiger partial charge in [-0.2, -0.15) is 0 Å². The molecule has 0 aromatic heterocycles. The lowest BCUT2D eigenvalue weighted by Gasteiger charge is -2.40. The molecule has 10 heteroatoms. The van der Waals surface area contributed by atoms with E-state index in [-0.39, 0.29) is 18.9 Å². The number of nitrogens with one attached hydrogen (secondary N) is 1. The van der Waals surface area contributed by atoms with Crippen LogP contribution >= 0.6 is 0 Å². The van der Waals surface area contributed by atoms with Crippen LogP contribution in [0.2, 0.25) is 0 Å². The van der Waals surface area contributed by atoms with Crippen LogP contribution in [0.25, 0.3) is 0 Å². The lowest BCUT2D eigenvalue weighted by Crippen LogP contribution is -2.60. The summed E-state index contributed by atoms with van der Waals surface area (Å²) in [5, 5.41) is 65.1. The number of aliphatic hydroxyl groups is 6. The molecular weight excluding hydrogens is 686 g/mol. The molecule has 1 amide bonds. The maximum absolute atomic E-state index is 13.0. The standard InChI is InChI=1S/C44H87NO9/c1-3-5-7-9-11-13-15-17-18-19-20-21-23-25-27-29-31-33-39(48)45-36(35-53-44-43(52)42(51)41(50)38(34-46)54-44)40(49)37(47)32-30-28-26-24-22-16-14-12-10-8-6-4-2/h36-38,40-44,46-47,49-52H,3-35H2,1-2H3,(H,45,48)/t36?,37?,38-,40?,41+,42+,43-,44+/m1/s1. The van der Waals surface area contributed by atoms with E-state index in [1.165, 1.54) is 148 Å². The molecular formula is C44H87NO9. The quantitative estimate of drug-likeness (QED) is 0.0306. The van der Waals surface area contributed by atoms with Crippen molar-refractivity contribution in [1.82, 2.24) is 5.32 Å². The molecule has 1 fully saturated rings. The minimum absolute atomic E-state index is 0.255. The zero-order valence-corrected chi connectivity index (χ0v) is 34.9. The monoisotopic (exact) mass is 774 g/mol. The fourth-order valence-electron chi connectivity index (χ4n) is 7.55. The molecule has 10 nitrogen and oxygen atoms in total. The van der Waals surface area contributed by atoms with Crippen LogP contribution in [0, 0.1) is 0 Å². The van der Waals surface area contributed by atoms with Crippen LogP contribution in [0.15, 0.2) is 0 Å². The fourth-order valence-corrected chi connectivity index (χ4v) is 7.55. The first-order chi connectivity index (χ1) is 26.3. The smallest absolute Gasteiger partial charge is 0.220 e. The Balaban J connectivity index is 2.38. The van der Waals surface area contributed by atoms with Gasteiger partial charge in [-0.15, -0.1) is 0 Å². The summed E-state index contributed by atoms with van der Waals surface area (Å²) in [5.41, 5.74) is 0. The summed E-state index contributed by atoms with van der Waals surface area (Å²) in [6.07, 6.45) is 26.8. The Morgan fingerprint density at radius 3 is 1.37 bits per heavy atom. The van der Waals surface area contributed by atoms with Gasteiger partial charge in [0.2, 0.25) is 5.91 Å². The molecule has 1 rings (SSSR count). The van der Waals surface area contributed by atoms with Crippen molar-refractivity contribution in [3.05, 3.63) is 0 Å². The van der Waals surface area contributed by atoms with E-state index in [1.54, 1.807) is 0 Å². The highest BCUT2D eigenvalue weighted by Gasteiger charge is 2.44. The van der Waals surface area contributed by atoms with Crippen LogP contribution in [0.5, 0.6) is 0 Å². The van der Waals surface area contributed by atoms with Crippen molar-refractivity contribution in [2.45, 2.75) is 262 Å². The van der Waals surface area contributed by atoms with Crippen molar-refractivity contribution < 1.29 is 44.9 Å². The van der Waals surface area contributed by atoms with Crippen LogP contribution < -0.4 is 5.32 Å². The lowest BCUT2D eigenvalue weighted by molar-refractivity contribution is -0.303. The lowest BCUT2D eigenvalue weighted by atomic mass is 9.98. The molecule has 1 saturated heterocycles. The van der Waals surface area contributed by atoms with E-state index in [0.717, 1.165) is 38.5 Å². The van der Waals surface area contributed by atoms with E-state index >= 15 is 0 Å². The molecule has 1 heterocycles. The van der Waals surface area contributed by atoms with Gasteiger partial charge in [0, 0.05) is 6.42 Å². The number of aliphatic hydroxyl groups excluding tert-OH is 6. The Kier molecular flexibility index (Phi) is 33.5. The number of ether oxygens (including phenoxy) is 2. The minimum atomic E-state index is -1.60. The molecule has 54 heavy (non-hydrogen) atoms. The Bertz CT molecular complexity index is 834. The fraction of sp³-hybridized carbons (Fsp3) is 0.977. The first kappa shape index (κ1) is 51.2. The number of hydrogen-bond donors (Lipinski definition) is 7. The van der Waals surface area contributed by atoms with Crippen LogP contribution in [-0.2, 0) is 14.3 Å². The summed E-state index contributed by atoms with van der Waals surface area (Å²) >= 11 is 0. The summed E-state index contributed by atoms with van der Waals surface area (Å²) in [6, 6.07) is -0.983. The molecule has 1 aliphatic rings. The Labute approximate surface area is 330 Å². The van der Waals surface area contributed by atoms with Crippen LogP contribution in [0.1, 0.15) is 213 Å². The zero-order chi connectivity index (χ0) is 39.7. The predicted octanol–water partition coefficient (Wildman–Crippen LogP) is 8.14. The van der Waals surface area contributed by atoms with Crippen molar-refractivity contribution in [1.29, 1.82) is 0 Å². The summed E-state index contributed by atoms with van der Waals surface area (Å²) in [6.45, 7) is 3.61. The van der Waals surface area contributed by atoms with Crippen molar-refractivity contribution in [3.8, 4) is 0 Å². The number of unbranched alkanes of at least 4 members (excludes halogenated alkanes) is 27. The third kappa shape index (κ3) is 25.4. The number of carbonyl (C=O) groups excluding carboxylic acids is 1. The number of rotatable bonds is 38. The second-order valence-corrected chi connectivity index (χ2v) is 16.3. The Morgan fingerprint density at radius 2 is 0.963 bits per heavy atom. The molecule has 8 atom stereocenters. The SMILES string of the molecule is CCCCCCCCCCCCCCCCCCCC(=O)NC(CO[C@H]1O[C@H](CO)[C@H](O)[C@H](O)[C@H]1O)C(O)C(O)CCCCCCCCCCCCCC. The third-order valence-electron chi connectivity index (χ3n) is 11.3. The summed E-state index contributed by atoms with van der Waals surface area (Å²) in [4.78, 5) is 13.0. The van der Waals surface area contributed by atoms with E-state index in [1.807, 2.05) is 0 Å². The van der Waals surface area contributed by atoms with Gasteiger partial charge < -0.3 is 45.4 Å². The highest BCUT2D eigenvalue weighted by Crippen LogP contribution is 2.23. The van der Waals surface area contributed by atoms with Crippen molar-refractivity contribution in [2.75, 3.05) is 13.2 Å². The molecule has 0 spiro atoms. The first-order valence-electron chi connectivity index (χ1n) is 22.8. The van der Waals surface area contributed by atoms with E-state index < -0.39 is 55.6 Å². The summed E-state index contributed by atoms with van der Waals surface area (Å²) in [7, 11) is 0. The summed E-state index contributed by atoms with van der Waals surface area (Å²) < 4.78 is 11.1. The molecule has 0 radical (unpaired) electrons. The van der Waals surface area contributed by atoms with Crippen LogP contribution in [-0.4, -0.2) is 98.7 Å². The van der Waals surface area contributed by atoms with Gasteiger partial charge in [0.05, 0.1) is 25.4 Å². The van der Waals surface area contributed by atoms with Gasteiger partial charge in [-0.3, -0.25) is 4.79 Å². The molecule has 0 saturated carbocycles. The first-order valence-corrected chi connectivity index (χ1v) is 22.8. The third-order valence-corrected chi connectivity index (χ3v) is 11.3. The maximum Gasteiger partial charge on any atom is 0.220 e. The van der Waals surface area contributed by atoms with Gasteiger partial charge in [-0.05, 0) is 12.8 Å². The average molecular weight is 774 g/mol. The van der Waals surface area contributed by atoms with Gasteiger partial charge in [0.1, 0.15) is 30.5 Å². The van der Waals surface area contributed by atoms with Crippen LogP contribution in [0.3, 0.4) is 0 Å². The second-order valence-electron chi connectivity index (χ2n) is 16.3. The molecule has 0 bridgehead atoms. The summed E-state index contributed by atoms with van der Waals surface area (Å²) in [5.74, 6) is -0.255. The highest BCUT2D eigenvalue weighted by atomic mass is 16.7. The van der Waals surface area contributed by atoms with Crippen LogP contribution in [0.4, 0.5) is 0 Å². The Morgan fingerprint density at radius 1 is 0.574 bits per heavy atom. The van der Waals surface area contributed by atoms with E-state index in [9.17, 15) is 35.4 Å². The van der Waals surface area contributed by atoms with Gasteiger partial charge in [-0.1, -0.05) is 194 Å². The van der Waals surface area contributed by atoms with Crippen molar-refractivity contribution in [3.63, 3.8) is 0 Å². The topological polar surface area (TPSA) is 169 Å². The van der Waals surface area contributed by atoms with E-state index in [0.29, 0.717) is 6.42 Å². The number of amides is 1. The Hall–Kier alpha value is -0.850. The van der Waals surface area contributed by atoms with Crippen molar-refractivity contribution >= 4 is 5.91 Å². The van der Waals surface area contributed by atoms with Gasteiger partial charge in [0.25, 0.3) is 0 Å². The molecule has 0 aliphatic carbocycles. The van der Waals surface area contributed by atoms with Crippen molar-refractivity contribution in [2.24, 2.45) is 0 Å². The highest BCUT2D eigenvalue weighted by molar-refractivity contribution is 5.76. The molecule has 1 aliphatic heterocycles. The molecule has 322 valence electrons. The number of carbonyl (C=O) groups is 1. The minimum Gasteiger partial charge on any atom is -0.394 e. The van der Waals surface area contributed by atoms with Gasteiger partial charge >= 0.3 is 0 Å². The second kappa shape index (κ2) is 35.3. The number of hydrogen-bond acceptors (Lipinski definition) is 9. The van der Waals surface area contributed by atoms with E-state index in [2.05, 4.69) is 19.2 Å². The molecule has 0 aromatic carbocycles. The molecule has 3 unspecified atom stereocenters. The van der Waals surface area contributed by atoms with Gasteiger partial charge in [-0.25, -0.2) is 0 Å². The van der Waals surface area contributed by atoms with E-state index in [4.69, 9.17) is 9.47 Å². The largest absolute Gasteiger partial charge is 0.394 e. The molecule has 0 aromatic rings. The zero-order valence-electron chi connectivity index (χ0n) is 34.9. The normalized spacial score (nSPS) is 22.0. The van der Waals surface area contributed by atoms with Gasteiger partial charge in [0.15, 0.2) is 6.29 Å². The maximum atomic E-state index is 13.0.